The van der Waals surface area contributed by atoms with Crippen molar-refractivity contribution in [2.24, 2.45) is 0 Å². The molecule has 41 heavy (non-hydrogen) atoms. The number of nitrogens with zero attached hydrogens (tertiary/aromatic N) is 2. The number of ether oxygens (including phenoxy) is 3. The molecule has 1 aromatic rings. The molecule has 234 valence electrons. The van der Waals surface area contributed by atoms with Crippen LogP contribution in [0.15, 0.2) is 11.0 Å². The van der Waals surface area contributed by atoms with Gasteiger partial charge in [0, 0.05) is 0 Å². The van der Waals surface area contributed by atoms with Crippen molar-refractivity contribution < 1.29 is 55.6 Å². The first-order valence-electron chi connectivity index (χ1n) is 12.4. The van der Waals surface area contributed by atoms with Gasteiger partial charge in [-0.1, -0.05) is 0 Å². The van der Waals surface area contributed by atoms with E-state index in [0.717, 1.165) is 0 Å². The number of rotatable bonds is 13. The number of alkyl halides is 3. The van der Waals surface area contributed by atoms with E-state index in [-0.39, 0.29) is 4.57 Å². The summed E-state index contributed by atoms with van der Waals surface area (Å²) < 4.78 is 92.0. The van der Waals surface area contributed by atoms with Crippen molar-refractivity contribution in [1.82, 2.24) is 19.7 Å². The van der Waals surface area contributed by atoms with E-state index in [1.807, 2.05) is 0 Å². The number of nitrogen functional groups attached to an aromatic ring is 1. The molecule has 14 nitrogen and oxygen atoms in total. The molecule has 1 aliphatic heterocycles. The third-order valence-corrected chi connectivity index (χ3v) is 7.55. The number of nitrogens with two attached hydrogens (primary N) is 1. The fourth-order valence-electron chi connectivity index (χ4n) is 3.59. The topological polar surface area (TPSA) is 193 Å². The standard InChI is InChI=1S/C22H34F4N5O9P/c1-9(2)38-18(33)11(5)29-41(36,30-12(6)19(34)39-10(3)4)37-8-22(20(25)26)15(32)14(24)17(40-22)31-7-13(23)16(27)28-21(31)35/h7,9-12,14-15,17,20,32H,8H2,1-6H3,(H2,27,28,35)(H2,29,30,36)/t11-,12-,14-,15-,17+,22+/m0/s1. The largest absolute Gasteiger partial charge is 0.462 e. The Morgan fingerprint density at radius 2 is 1.63 bits per heavy atom. The third kappa shape index (κ3) is 8.23. The number of halogens is 4. The van der Waals surface area contributed by atoms with Crippen LogP contribution in [0.25, 0.3) is 0 Å². The number of hydrogen-bond acceptors (Lipinski definition) is 11. The molecule has 5 N–H and O–H groups in total. The molecule has 0 unspecified atom stereocenters. The Morgan fingerprint density at radius 3 is 2.07 bits per heavy atom. The van der Waals surface area contributed by atoms with Gasteiger partial charge < -0.3 is 29.6 Å². The quantitative estimate of drug-likeness (QED) is 0.140. The van der Waals surface area contributed by atoms with Crippen LogP contribution in [0.5, 0.6) is 0 Å². The number of aliphatic hydroxyl groups excluding tert-OH is 1. The molecule has 0 spiro atoms. The Balaban J connectivity index is 2.41. The second-order valence-electron chi connectivity index (χ2n) is 9.82. The minimum absolute atomic E-state index is 0.174. The van der Waals surface area contributed by atoms with E-state index in [9.17, 15) is 37.2 Å². The highest BCUT2D eigenvalue weighted by Gasteiger charge is 2.62. The van der Waals surface area contributed by atoms with Gasteiger partial charge in [-0.25, -0.2) is 32.5 Å². The van der Waals surface area contributed by atoms with Crippen LogP contribution in [0.2, 0.25) is 0 Å². The van der Waals surface area contributed by atoms with Gasteiger partial charge >= 0.3 is 25.3 Å². The van der Waals surface area contributed by atoms with Crippen LogP contribution >= 0.6 is 7.67 Å². The zero-order chi connectivity index (χ0) is 31.4. The molecule has 6 atom stereocenters. The number of aliphatic hydroxyl groups is 1. The van der Waals surface area contributed by atoms with Gasteiger partial charge in [0.1, 0.15) is 18.2 Å². The summed E-state index contributed by atoms with van der Waals surface area (Å²) in [5.74, 6) is -4.00. The van der Waals surface area contributed by atoms with E-state index in [1.54, 1.807) is 0 Å². The molecule has 2 rings (SSSR count). The van der Waals surface area contributed by atoms with Gasteiger partial charge in [-0.15, -0.1) is 0 Å². The number of hydrogen-bond donors (Lipinski definition) is 4. The average molecular weight is 620 g/mol. The van der Waals surface area contributed by atoms with Crippen molar-refractivity contribution in [3.8, 4) is 0 Å². The molecule has 1 fully saturated rings. The van der Waals surface area contributed by atoms with Gasteiger partial charge in [-0.2, -0.15) is 4.98 Å². The lowest BCUT2D eigenvalue weighted by molar-refractivity contribution is -0.192. The summed E-state index contributed by atoms with van der Waals surface area (Å²) in [4.78, 5) is 39.9. The summed E-state index contributed by atoms with van der Waals surface area (Å²) in [6.45, 7) is 7.02. The monoisotopic (exact) mass is 619 g/mol. The fraction of sp³-hybridized carbons (Fsp3) is 0.727. The first-order chi connectivity index (χ1) is 18.8. The molecular formula is C22H34F4N5O9P. The van der Waals surface area contributed by atoms with Crippen LogP contribution in [0.1, 0.15) is 47.8 Å². The zero-order valence-electron chi connectivity index (χ0n) is 23.0. The van der Waals surface area contributed by atoms with Crippen LogP contribution in [-0.2, 0) is 32.9 Å². The van der Waals surface area contributed by atoms with E-state index in [1.165, 1.54) is 41.5 Å². The summed E-state index contributed by atoms with van der Waals surface area (Å²) in [6, 6.07) is -2.80. The number of aromatic nitrogens is 2. The van der Waals surface area contributed by atoms with E-state index >= 15 is 4.39 Å². The Labute approximate surface area is 232 Å². The van der Waals surface area contributed by atoms with Crippen LogP contribution in [0.4, 0.5) is 23.4 Å². The van der Waals surface area contributed by atoms with Gasteiger partial charge in [0.15, 0.2) is 29.6 Å². The van der Waals surface area contributed by atoms with Crippen LogP contribution < -0.4 is 21.6 Å². The molecule has 0 bridgehead atoms. The highest BCUT2D eigenvalue weighted by molar-refractivity contribution is 7.54. The highest BCUT2D eigenvalue weighted by Crippen LogP contribution is 2.47. The van der Waals surface area contributed by atoms with E-state index in [2.05, 4.69) is 15.2 Å². The fourth-order valence-corrected chi connectivity index (χ4v) is 5.42. The normalized spacial score (nSPS) is 24.6. The van der Waals surface area contributed by atoms with Gasteiger partial charge in [-0.3, -0.25) is 18.7 Å². The molecule has 1 aromatic heterocycles. The lowest BCUT2D eigenvalue weighted by Gasteiger charge is -2.33. The highest BCUT2D eigenvalue weighted by atomic mass is 31.2. The van der Waals surface area contributed by atoms with Gasteiger partial charge in [0.25, 0.3) is 6.43 Å². The van der Waals surface area contributed by atoms with Crippen molar-refractivity contribution in [2.45, 2.75) is 96.4 Å². The number of carbonyl (C=O) groups is 2. The van der Waals surface area contributed by atoms with Gasteiger partial charge in [0.2, 0.25) is 0 Å². The van der Waals surface area contributed by atoms with Crippen molar-refractivity contribution in [3.05, 3.63) is 22.5 Å². The molecule has 1 aliphatic rings. The Hall–Kier alpha value is -2.63. The van der Waals surface area contributed by atoms with Crippen LogP contribution in [-0.4, -0.2) is 81.8 Å². The minimum atomic E-state index is -4.73. The Bertz CT molecular complexity index is 1170. The number of carbonyl (C=O) groups excluding carboxylic acids is 2. The van der Waals surface area contributed by atoms with Crippen LogP contribution in [0.3, 0.4) is 0 Å². The number of anilines is 1. The lowest BCUT2D eigenvalue weighted by Crippen LogP contribution is -2.53. The maximum atomic E-state index is 15.1. The van der Waals surface area contributed by atoms with Crippen molar-refractivity contribution in [3.63, 3.8) is 0 Å². The smallest absolute Gasteiger partial charge is 0.351 e. The molecule has 0 aromatic carbocycles. The molecule has 1 saturated heterocycles. The molecule has 0 amide bonds. The SMILES string of the molecule is CC(C)OC(=O)[C@H](C)NP(=O)(N[C@@H](C)C(=O)OC(C)C)OC[C@@]1(C(F)F)O[C@@H](n2cc(F)c(N)nc2=O)[C@@H](F)[C@@H]1O. The minimum Gasteiger partial charge on any atom is -0.462 e. The first-order valence-corrected chi connectivity index (χ1v) is 14.0. The maximum Gasteiger partial charge on any atom is 0.351 e. The van der Waals surface area contributed by atoms with Crippen molar-refractivity contribution >= 4 is 25.4 Å². The van der Waals surface area contributed by atoms with E-state index < -0.39 is 98.4 Å². The average Bonchev–Trinajstić information content (AvgIpc) is 3.10. The predicted octanol–water partition coefficient (Wildman–Crippen LogP) is 1.18. The number of esters is 2. The first kappa shape index (κ1) is 34.6. The van der Waals surface area contributed by atoms with Crippen molar-refractivity contribution in [1.29, 1.82) is 0 Å². The summed E-state index contributed by atoms with van der Waals surface area (Å²) in [5, 5.41) is 15.0. The zero-order valence-corrected chi connectivity index (χ0v) is 23.9. The summed E-state index contributed by atoms with van der Waals surface area (Å²) >= 11 is 0. The molecule has 0 saturated carbocycles. The Morgan fingerprint density at radius 1 is 1.15 bits per heavy atom. The maximum absolute atomic E-state index is 15.1. The van der Waals surface area contributed by atoms with Crippen molar-refractivity contribution in [2.75, 3.05) is 12.3 Å². The Kier molecular flexibility index (Phi) is 11.4. The van der Waals surface area contributed by atoms with E-state index in [4.69, 9.17) is 24.5 Å². The molecule has 0 radical (unpaired) electrons. The lowest BCUT2D eigenvalue weighted by atomic mass is 9.97. The molecule has 0 aliphatic carbocycles. The molecule has 2 heterocycles. The summed E-state index contributed by atoms with van der Waals surface area (Å²) in [5.41, 5.74) is 0.538. The molecular weight excluding hydrogens is 585 g/mol. The van der Waals surface area contributed by atoms with E-state index in [0.29, 0.717) is 6.20 Å². The second kappa shape index (κ2) is 13.6. The number of nitrogens with one attached hydrogen (secondary N) is 2. The van der Waals surface area contributed by atoms with Crippen LogP contribution in [0, 0.1) is 5.82 Å². The molecule has 19 heteroatoms. The summed E-state index contributed by atoms with van der Waals surface area (Å²) in [6.07, 6.45) is -12.3. The van der Waals surface area contributed by atoms with Gasteiger partial charge in [-0.05, 0) is 41.5 Å². The predicted molar refractivity (Wildman–Crippen MR) is 134 cm³/mol. The van der Waals surface area contributed by atoms with Gasteiger partial charge in [0.05, 0.1) is 25.0 Å². The second-order valence-corrected chi connectivity index (χ2v) is 11.7. The summed E-state index contributed by atoms with van der Waals surface area (Å²) in [7, 11) is -4.73. The third-order valence-electron chi connectivity index (χ3n) is 5.60.